The zero-order valence-electron chi connectivity index (χ0n) is 21.4. The van der Waals surface area contributed by atoms with Crippen molar-refractivity contribution in [2.24, 2.45) is 5.14 Å². The Morgan fingerprint density at radius 1 is 1.02 bits per heavy atom. The number of anilines is 1. The summed E-state index contributed by atoms with van der Waals surface area (Å²) in [6.07, 6.45) is -4.07. The average Bonchev–Trinajstić information content (AvgIpc) is 3.65. The number of carbonyl (C=O) groups excluding carboxylic acids is 1. The van der Waals surface area contributed by atoms with Crippen LogP contribution in [0.25, 0.3) is 21.3 Å². The van der Waals surface area contributed by atoms with Crippen molar-refractivity contribution in [2.75, 3.05) is 11.6 Å². The summed E-state index contributed by atoms with van der Waals surface area (Å²) in [4.78, 5) is 17.1. The van der Waals surface area contributed by atoms with Gasteiger partial charge in [0.05, 0.1) is 16.6 Å². The van der Waals surface area contributed by atoms with Gasteiger partial charge in [0.2, 0.25) is 17.2 Å². The van der Waals surface area contributed by atoms with Crippen LogP contribution in [-0.4, -0.2) is 54.4 Å². The molecule has 0 aliphatic carbocycles. The minimum Gasteiger partial charge on any atom is -0.422 e. The Kier molecular flexibility index (Phi) is 7.77. The van der Waals surface area contributed by atoms with Crippen molar-refractivity contribution in [1.29, 1.82) is 0 Å². The smallest absolute Gasteiger partial charge is 0.422 e. The lowest BCUT2D eigenvalue weighted by Gasteiger charge is -2.10. The van der Waals surface area contributed by atoms with Gasteiger partial charge in [-0.05, 0) is 35.4 Å². The zero-order valence-corrected chi connectivity index (χ0v) is 23.8. The topological polar surface area (TPSA) is 226 Å². The van der Waals surface area contributed by atoms with Gasteiger partial charge in [-0.15, -0.1) is 26.6 Å². The number of thiazole rings is 1. The minimum absolute atomic E-state index is 0.00885. The Labute approximate surface area is 243 Å². The van der Waals surface area contributed by atoms with Gasteiger partial charge in [-0.3, -0.25) is 10.1 Å². The van der Waals surface area contributed by atoms with Crippen molar-refractivity contribution in [2.45, 2.75) is 18.0 Å². The number of rotatable bonds is 9. The molecule has 2 aromatic carbocycles. The fourth-order valence-electron chi connectivity index (χ4n) is 3.67. The quantitative estimate of drug-likeness (QED) is 0.208. The fourth-order valence-corrected chi connectivity index (χ4v) is 6.63. The highest BCUT2D eigenvalue weighted by Gasteiger charge is 2.38. The molecule has 3 aromatic heterocycles. The number of nitrogens with zero attached hydrogens (tertiary/aromatic N) is 5. The van der Waals surface area contributed by atoms with Crippen molar-refractivity contribution >= 4 is 53.5 Å². The molecular weight excluding hydrogens is 641 g/mol. The van der Waals surface area contributed by atoms with Gasteiger partial charge in [-0.25, -0.2) is 18.5 Å². The van der Waals surface area contributed by atoms with Crippen LogP contribution in [0.5, 0.6) is 0 Å². The number of alkyl halides is 3. The van der Waals surface area contributed by atoms with E-state index in [1.165, 1.54) is 23.5 Å². The van der Waals surface area contributed by atoms with E-state index in [0.717, 1.165) is 11.0 Å². The van der Waals surface area contributed by atoms with E-state index < -0.39 is 55.3 Å². The van der Waals surface area contributed by atoms with Crippen LogP contribution in [0.1, 0.15) is 38.4 Å². The van der Waals surface area contributed by atoms with Gasteiger partial charge < -0.3 is 8.83 Å². The molecule has 1 amide bonds. The average molecular weight is 659 g/mol. The molecule has 21 heteroatoms. The molecule has 0 bridgehead atoms. The van der Waals surface area contributed by atoms with Crippen LogP contribution in [0.4, 0.5) is 19.2 Å². The van der Waals surface area contributed by atoms with Gasteiger partial charge in [-0.1, -0.05) is 23.3 Å². The summed E-state index contributed by atoms with van der Waals surface area (Å²) in [7, 11) is -8.46. The molecule has 4 N–H and O–H groups in total. The van der Waals surface area contributed by atoms with E-state index in [1.54, 1.807) is 35.1 Å². The Morgan fingerprint density at radius 3 is 2.44 bits per heavy atom. The molecule has 0 saturated heterocycles. The molecule has 0 aliphatic rings. The minimum atomic E-state index is -4.85. The third-order valence-corrected chi connectivity index (χ3v) is 8.39. The molecule has 0 aliphatic heterocycles. The van der Waals surface area contributed by atoms with Crippen molar-refractivity contribution in [3.8, 4) is 11.1 Å². The number of amides is 1. The molecule has 1 unspecified atom stereocenters. The summed E-state index contributed by atoms with van der Waals surface area (Å²) >= 11 is 1.26. The van der Waals surface area contributed by atoms with E-state index in [4.69, 9.17) is 9.56 Å². The molecule has 0 spiro atoms. The molecule has 0 fully saturated rings. The Hall–Kier alpha value is -4.31. The lowest BCUT2D eigenvalue weighted by atomic mass is 10.0. The lowest BCUT2D eigenvalue weighted by molar-refractivity contribution is -0.156. The van der Waals surface area contributed by atoms with Crippen molar-refractivity contribution in [1.82, 2.24) is 30.1 Å². The highest BCUT2D eigenvalue weighted by atomic mass is 32.2. The normalized spacial score (nSPS) is 13.3. The number of fused-ring (bicyclic) bond motifs is 1. The first-order chi connectivity index (χ1) is 20.0. The van der Waals surface area contributed by atoms with Gasteiger partial charge in [0, 0.05) is 11.8 Å². The molecular formula is C22H17F3N8O7S3. The molecule has 1 atom stereocenters. The van der Waals surface area contributed by atoms with E-state index in [1.807, 2.05) is 0 Å². The van der Waals surface area contributed by atoms with Crippen molar-refractivity contribution < 1.29 is 43.6 Å². The highest BCUT2D eigenvalue weighted by Crippen LogP contribution is 2.31. The van der Waals surface area contributed by atoms with E-state index in [0.29, 0.717) is 21.7 Å². The second-order valence-electron chi connectivity index (χ2n) is 8.82. The van der Waals surface area contributed by atoms with Gasteiger partial charge in [0.15, 0.2) is 9.84 Å². The number of hydrogen-bond acceptors (Lipinski definition) is 13. The number of nitrogens with one attached hydrogen (secondary N) is 2. The van der Waals surface area contributed by atoms with Gasteiger partial charge in [0.1, 0.15) is 5.01 Å². The number of halogens is 3. The third-order valence-electron chi connectivity index (χ3n) is 5.49. The van der Waals surface area contributed by atoms with Crippen LogP contribution >= 0.6 is 11.3 Å². The lowest BCUT2D eigenvalue weighted by Crippen LogP contribution is -2.38. The number of hydrogen-bond donors (Lipinski definition) is 3. The summed E-state index contributed by atoms with van der Waals surface area (Å²) < 4.78 is 97.1. The summed E-state index contributed by atoms with van der Waals surface area (Å²) in [5.41, 5.74) is 2.03. The molecule has 5 rings (SSSR count). The molecule has 0 radical (unpaired) electrons. The number of aromatic nitrogens is 5. The fraction of sp³-hybridized carbons (Fsp3) is 0.182. The highest BCUT2D eigenvalue weighted by molar-refractivity contribution is 7.92. The SMILES string of the molecule is CS(=O)(=O)C(NS(N)(=O)=O)c1nnc(Cc2nc3ccc(-c4cccc(C(=O)Nc5nnc(C(F)(F)F)o5)c4)cc3s2)o1. The second kappa shape index (κ2) is 11.1. The van der Waals surface area contributed by atoms with Gasteiger partial charge in [-0.2, -0.15) is 26.3 Å². The third kappa shape index (κ3) is 7.19. The molecule has 15 nitrogen and oxygen atoms in total. The standard InChI is InChI=1S/C22H17F3N8O7S3/c1-42(35,36)19(33-43(26,37)38)18-30-29-15(39-18)9-16-27-13-6-5-11(8-14(13)41-16)10-3-2-4-12(7-10)17(34)28-21-32-31-20(40-21)22(23,24)25/h2-8,19,33H,9H2,1H3,(H2,26,37,38)(H,28,32,34). The van der Waals surface area contributed by atoms with E-state index in [9.17, 15) is 34.8 Å². The molecule has 43 heavy (non-hydrogen) atoms. The van der Waals surface area contributed by atoms with Crippen LogP contribution in [0.15, 0.2) is 51.3 Å². The molecule has 5 aromatic rings. The Morgan fingerprint density at radius 2 is 1.77 bits per heavy atom. The van der Waals surface area contributed by atoms with Crippen LogP contribution < -0.4 is 15.2 Å². The molecule has 0 saturated carbocycles. The van der Waals surface area contributed by atoms with Crippen LogP contribution in [0, 0.1) is 0 Å². The van der Waals surface area contributed by atoms with E-state index >= 15 is 0 Å². The van der Waals surface area contributed by atoms with Gasteiger partial charge in [0.25, 0.3) is 16.1 Å². The predicted octanol–water partition coefficient (Wildman–Crippen LogP) is 2.43. The number of benzene rings is 2. The van der Waals surface area contributed by atoms with Gasteiger partial charge >= 0.3 is 18.1 Å². The Bertz CT molecular complexity index is 2060. The van der Waals surface area contributed by atoms with Crippen LogP contribution in [0.3, 0.4) is 0 Å². The van der Waals surface area contributed by atoms with E-state index in [-0.39, 0.29) is 17.9 Å². The van der Waals surface area contributed by atoms with Crippen molar-refractivity contribution in [3.63, 3.8) is 0 Å². The molecule has 226 valence electrons. The zero-order chi connectivity index (χ0) is 31.2. The number of sulfone groups is 1. The first-order valence-corrected chi connectivity index (χ1v) is 15.9. The Balaban J connectivity index is 1.33. The predicted molar refractivity (Wildman–Crippen MR) is 143 cm³/mol. The summed E-state index contributed by atoms with van der Waals surface area (Å²) in [5.74, 6) is -2.90. The van der Waals surface area contributed by atoms with Crippen molar-refractivity contribution in [3.05, 3.63) is 70.7 Å². The summed E-state index contributed by atoms with van der Waals surface area (Å²) in [6, 6.07) is 10.9. The van der Waals surface area contributed by atoms with Crippen LogP contribution in [0.2, 0.25) is 0 Å². The number of nitrogens with two attached hydrogens (primary N) is 1. The number of carbonyl (C=O) groups is 1. The monoisotopic (exact) mass is 658 g/mol. The summed E-state index contributed by atoms with van der Waals surface area (Å²) in [5, 5.41) is 19.1. The second-order valence-corrected chi connectivity index (χ2v) is 13.4. The largest absolute Gasteiger partial charge is 0.470 e. The maximum Gasteiger partial charge on any atom is 0.470 e. The maximum absolute atomic E-state index is 12.7. The summed E-state index contributed by atoms with van der Waals surface area (Å²) in [6.45, 7) is 0. The van der Waals surface area contributed by atoms with E-state index in [2.05, 4.69) is 35.1 Å². The molecule has 3 heterocycles. The van der Waals surface area contributed by atoms with Crippen LogP contribution in [-0.2, 0) is 32.6 Å². The maximum atomic E-state index is 12.7. The first-order valence-electron chi connectivity index (χ1n) is 11.6. The first kappa shape index (κ1) is 30.2.